The first-order chi connectivity index (χ1) is 14.4. The van der Waals surface area contributed by atoms with Crippen LogP contribution in [0, 0.1) is 0 Å². The van der Waals surface area contributed by atoms with Crippen LogP contribution in [-0.4, -0.2) is 60.2 Å². The molecule has 10 heteroatoms. The summed E-state index contributed by atoms with van der Waals surface area (Å²) in [5.41, 5.74) is 2.32. The van der Waals surface area contributed by atoms with Gasteiger partial charge in [-0.25, -0.2) is 13.4 Å². The van der Waals surface area contributed by atoms with E-state index >= 15 is 0 Å². The van der Waals surface area contributed by atoms with E-state index in [1.165, 1.54) is 28.2 Å². The second kappa shape index (κ2) is 8.76. The molecule has 0 saturated carbocycles. The second-order valence-electron chi connectivity index (χ2n) is 6.82. The lowest BCUT2D eigenvalue weighted by Gasteiger charge is -2.26. The molecule has 4 rings (SSSR count). The number of hydrogen-bond donors (Lipinski definition) is 1. The lowest BCUT2D eigenvalue weighted by molar-refractivity contribution is -0.113. The van der Waals surface area contributed by atoms with Gasteiger partial charge in [-0.2, -0.15) is 4.31 Å². The van der Waals surface area contributed by atoms with Gasteiger partial charge in [0.15, 0.2) is 5.16 Å². The number of para-hydroxylation sites is 2. The molecule has 158 valence electrons. The molecule has 0 aliphatic carbocycles. The van der Waals surface area contributed by atoms with E-state index in [-0.39, 0.29) is 16.6 Å². The quantitative estimate of drug-likeness (QED) is 0.584. The van der Waals surface area contributed by atoms with Crippen LogP contribution in [0.15, 0.2) is 58.6 Å². The number of carbonyl (C=O) groups is 1. The molecule has 8 nitrogen and oxygen atoms in total. The van der Waals surface area contributed by atoms with E-state index in [9.17, 15) is 13.2 Å². The SMILES string of the molecule is Cn1c(SCC(=O)Nc2cccc(S(=O)(=O)N3CCOCC3)c2)nc2ccccc21. The number of benzene rings is 2. The number of anilines is 1. The third-order valence-electron chi connectivity index (χ3n) is 4.80. The number of morpholine rings is 1. The summed E-state index contributed by atoms with van der Waals surface area (Å²) in [6.07, 6.45) is 0. The molecule has 1 fully saturated rings. The van der Waals surface area contributed by atoms with Gasteiger partial charge < -0.3 is 14.6 Å². The van der Waals surface area contributed by atoms with Crippen LogP contribution in [0.3, 0.4) is 0 Å². The highest BCUT2D eigenvalue weighted by Crippen LogP contribution is 2.24. The first-order valence-corrected chi connectivity index (χ1v) is 11.9. The Kier molecular flexibility index (Phi) is 6.09. The Morgan fingerprint density at radius 2 is 1.93 bits per heavy atom. The molecule has 1 N–H and O–H groups in total. The van der Waals surface area contributed by atoms with Crippen molar-refractivity contribution in [3.8, 4) is 0 Å². The van der Waals surface area contributed by atoms with Gasteiger partial charge in [-0.3, -0.25) is 4.79 Å². The van der Waals surface area contributed by atoms with Crippen molar-refractivity contribution < 1.29 is 17.9 Å². The molecule has 0 spiro atoms. The van der Waals surface area contributed by atoms with E-state index < -0.39 is 10.0 Å². The lowest BCUT2D eigenvalue weighted by atomic mass is 10.3. The molecule has 30 heavy (non-hydrogen) atoms. The Morgan fingerprint density at radius 3 is 2.70 bits per heavy atom. The zero-order valence-electron chi connectivity index (χ0n) is 16.4. The third kappa shape index (κ3) is 4.36. The number of carbonyl (C=O) groups excluding carboxylic acids is 1. The van der Waals surface area contributed by atoms with Crippen LogP contribution >= 0.6 is 11.8 Å². The molecule has 1 aliphatic rings. The van der Waals surface area contributed by atoms with Gasteiger partial charge in [0.25, 0.3) is 0 Å². The first kappa shape index (κ1) is 20.9. The molecule has 0 radical (unpaired) electrons. The molecule has 1 saturated heterocycles. The number of fused-ring (bicyclic) bond motifs is 1. The summed E-state index contributed by atoms with van der Waals surface area (Å²) in [7, 11) is -1.70. The fourth-order valence-corrected chi connectivity index (χ4v) is 5.49. The number of sulfonamides is 1. The standard InChI is InChI=1S/C20H22N4O4S2/c1-23-18-8-3-2-7-17(18)22-20(23)29-14-19(25)21-15-5-4-6-16(13-15)30(26,27)24-9-11-28-12-10-24/h2-8,13H,9-12,14H2,1H3,(H,21,25). The number of aromatic nitrogens is 2. The summed E-state index contributed by atoms with van der Waals surface area (Å²) in [5, 5.41) is 3.52. The zero-order valence-corrected chi connectivity index (χ0v) is 18.1. The number of hydrogen-bond acceptors (Lipinski definition) is 6. The van der Waals surface area contributed by atoms with Gasteiger partial charge in [0.1, 0.15) is 0 Å². The summed E-state index contributed by atoms with van der Waals surface area (Å²) in [6.45, 7) is 1.42. The maximum atomic E-state index is 12.8. The van der Waals surface area contributed by atoms with Crippen LogP contribution in [0.1, 0.15) is 0 Å². The average Bonchev–Trinajstić information content (AvgIpc) is 3.09. The number of aryl methyl sites for hydroxylation is 1. The highest BCUT2D eigenvalue weighted by molar-refractivity contribution is 7.99. The van der Waals surface area contributed by atoms with Crippen molar-refractivity contribution in [2.75, 3.05) is 37.4 Å². The van der Waals surface area contributed by atoms with Crippen LogP contribution in [0.5, 0.6) is 0 Å². The van der Waals surface area contributed by atoms with E-state index in [4.69, 9.17) is 4.74 Å². The normalized spacial score (nSPS) is 15.4. The molecule has 0 bridgehead atoms. The summed E-state index contributed by atoms with van der Waals surface area (Å²) in [5.74, 6) is -0.0644. The number of nitrogens with zero attached hydrogens (tertiary/aromatic N) is 3. The Balaban J connectivity index is 1.42. The lowest BCUT2D eigenvalue weighted by Crippen LogP contribution is -2.40. The smallest absolute Gasteiger partial charge is 0.243 e. The van der Waals surface area contributed by atoms with Crippen molar-refractivity contribution in [2.45, 2.75) is 10.1 Å². The molecule has 0 atom stereocenters. The molecule has 1 aliphatic heterocycles. The minimum absolute atomic E-state index is 0.158. The van der Waals surface area contributed by atoms with Gasteiger partial charge in [-0.15, -0.1) is 0 Å². The first-order valence-electron chi connectivity index (χ1n) is 9.47. The molecule has 1 amide bonds. The minimum atomic E-state index is -3.61. The number of nitrogens with one attached hydrogen (secondary N) is 1. The molecule has 1 aromatic heterocycles. The van der Waals surface area contributed by atoms with Crippen molar-refractivity contribution in [3.63, 3.8) is 0 Å². The summed E-state index contributed by atoms with van der Waals surface area (Å²) >= 11 is 1.33. The second-order valence-corrected chi connectivity index (χ2v) is 9.70. The van der Waals surface area contributed by atoms with E-state index in [0.29, 0.717) is 32.0 Å². The Labute approximate surface area is 179 Å². The number of rotatable bonds is 6. The van der Waals surface area contributed by atoms with Crippen LogP contribution in [-0.2, 0) is 26.6 Å². The van der Waals surface area contributed by atoms with E-state index in [1.54, 1.807) is 12.1 Å². The summed E-state index contributed by atoms with van der Waals surface area (Å²) < 4.78 is 34.2. The predicted molar refractivity (Wildman–Crippen MR) is 116 cm³/mol. The summed E-state index contributed by atoms with van der Waals surface area (Å²) in [4.78, 5) is 17.1. The van der Waals surface area contributed by atoms with Gasteiger partial charge in [-0.05, 0) is 30.3 Å². The van der Waals surface area contributed by atoms with Crippen molar-refractivity contribution in [1.82, 2.24) is 13.9 Å². The maximum Gasteiger partial charge on any atom is 0.243 e. The van der Waals surface area contributed by atoms with Crippen LogP contribution < -0.4 is 5.32 Å². The van der Waals surface area contributed by atoms with Crippen molar-refractivity contribution >= 4 is 44.4 Å². The molecule has 2 heterocycles. The third-order valence-corrected chi connectivity index (χ3v) is 7.73. The highest BCUT2D eigenvalue weighted by atomic mass is 32.2. The van der Waals surface area contributed by atoms with E-state index in [2.05, 4.69) is 10.3 Å². The van der Waals surface area contributed by atoms with Crippen molar-refractivity contribution in [3.05, 3.63) is 48.5 Å². The van der Waals surface area contributed by atoms with Gasteiger partial charge in [0.2, 0.25) is 15.9 Å². The zero-order chi connectivity index (χ0) is 21.1. The largest absolute Gasteiger partial charge is 0.379 e. The Bertz CT molecular complexity index is 1170. The molecule has 2 aromatic carbocycles. The molecular formula is C20H22N4O4S2. The maximum absolute atomic E-state index is 12.8. The van der Waals surface area contributed by atoms with Gasteiger partial charge >= 0.3 is 0 Å². The number of thioether (sulfide) groups is 1. The fourth-order valence-electron chi connectivity index (χ4n) is 3.25. The van der Waals surface area contributed by atoms with Gasteiger partial charge in [0, 0.05) is 25.8 Å². The highest BCUT2D eigenvalue weighted by Gasteiger charge is 2.26. The number of imidazole rings is 1. The number of amides is 1. The van der Waals surface area contributed by atoms with Crippen LogP contribution in [0.4, 0.5) is 5.69 Å². The number of ether oxygens (including phenoxy) is 1. The van der Waals surface area contributed by atoms with Crippen LogP contribution in [0.25, 0.3) is 11.0 Å². The molecular weight excluding hydrogens is 424 g/mol. The Morgan fingerprint density at radius 1 is 1.17 bits per heavy atom. The van der Waals surface area contributed by atoms with Crippen molar-refractivity contribution in [1.29, 1.82) is 0 Å². The van der Waals surface area contributed by atoms with Gasteiger partial charge in [0.05, 0.1) is 34.9 Å². The van der Waals surface area contributed by atoms with E-state index in [1.807, 2.05) is 35.9 Å². The molecule has 3 aromatic rings. The topological polar surface area (TPSA) is 93.5 Å². The Hall–Kier alpha value is -2.40. The van der Waals surface area contributed by atoms with Gasteiger partial charge in [-0.1, -0.05) is 30.0 Å². The summed E-state index contributed by atoms with van der Waals surface area (Å²) in [6, 6.07) is 14.1. The average molecular weight is 447 g/mol. The van der Waals surface area contributed by atoms with Crippen molar-refractivity contribution in [2.24, 2.45) is 7.05 Å². The minimum Gasteiger partial charge on any atom is -0.379 e. The molecule has 0 unspecified atom stereocenters. The van der Waals surface area contributed by atoms with E-state index in [0.717, 1.165) is 16.2 Å². The van der Waals surface area contributed by atoms with Crippen LogP contribution in [0.2, 0.25) is 0 Å². The predicted octanol–water partition coefficient (Wildman–Crippen LogP) is 2.33. The fraction of sp³-hybridized carbons (Fsp3) is 0.300. The monoisotopic (exact) mass is 446 g/mol.